The van der Waals surface area contributed by atoms with Crippen LogP contribution < -0.4 is 15.5 Å². The number of hydrogen-bond donors (Lipinski definition) is 2. The number of amides is 2. The van der Waals surface area contributed by atoms with Crippen molar-refractivity contribution in [2.75, 3.05) is 18.0 Å². The summed E-state index contributed by atoms with van der Waals surface area (Å²) in [5.74, 6) is 0.503. The highest BCUT2D eigenvalue weighted by Gasteiger charge is 2.31. The first-order valence-corrected chi connectivity index (χ1v) is 8.27. The fourth-order valence-electron chi connectivity index (χ4n) is 3.31. The minimum Gasteiger partial charge on any atom is -0.354 e. The molecule has 0 bridgehead atoms. The molecule has 8 heteroatoms. The van der Waals surface area contributed by atoms with Crippen LogP contribution in [-0.4, -0.2) is 36.2 Å². The Labute approximate surface area is 138 Å². The molecule has 132 valence electrons. The summed E-state index contributed by atoms with van der Waals surface area (Å²) >= 11 is 0. The van der Waals surface area contributed by atoms with Gasteiger partial charge in [-0.2, -0.15) is 13.2 Å². The SMILES string of the molecule is O=C(NC1CCCC1)N[C@@H]1CCN(c2ccc(C(F)(F)F)cn2)C1. The number of alkyl halides is 3. The van der Waals surface area contributed by atoms with E-state index in [4.69, 9.17) is 0 Å². The lowest BCUT2D eigenvalue weighted by Gasteiger charge is -2.19. The Morgan fingerprint density at radius 2 is 1.83 bits per heavy atom. The maximum Gasteiger partial charge on any atom is 0.417 e. The van der Waals surface area contributed by atoms with Gasteiger partial charge in [0.15, 0.2) is 0 Å². The van der Waals surface area contributed by atoms with E-state index >= 15 is 0 Å². The summed E-state index contributed by atoms with van der Waals surface area (Å²) in [6, 6.07) is 2.50. The molecule has 1 saturated carbocycles. The zero-order valence-electron chi connectivity index (χ0n) is 13.3. The normalized spacial score (nSPS) is 22.0. The molecule has 2 amide bonds. The van der Waals surface area contributed by atoms with Gasteiger partial charge in [0.1, 0.15) is 5.82 Å². The van der Waals surface area contributed by atoms with Crippen LogP contribution in [0, 0.1) is 0 Å². The molecule has 1 aromatic rings. The molecule has 2 heterocycles. The molecule has 0 spiro atoms. The van der Waals surface area contributed by atoms with Gasteiger partial charge in [0.2, 0.25) is 0 Å². The zero-order valence-corrected chi connectivity index (χ0v) is 13.3. The van der Waals surface area contributed by atoms with Crippen molar-refractivity contribution < 1.29 is 18.0 Å². The lowest BCUT2D eigenvalue weighted by atomic mass is 10.2. The highest BCUT2D eigenvalue weighted by Crippen LogP contribution is 2.29. The number of hydrogen-bond acceptors (Lipinski definition) is 3. The lowest BCUT2D eigenvalue weighted by molar-refractivity contribution is -0.137. The smallest absolute Gasteiger partial charge is 0.354 e. The van der Waals surface area contributed by atoms with E-state index < -0.39 is 11.7 Å². The van der Waals surface area contributed by atoms with Gasteiger partial charge >= 0.3 is 12.2 Å². The second-order valence-corrected chi connectivity index (χ2v) is 6.43. The second-order valence-electron chi connectivity index (χ2n) is 6.43. The third kappa shape index (κ3) is 4.10. The fraction of sp³-hybridized carbons (Fsp3) is 0.625. The van der Waals surface area contributed by atoms with E-state index in [2.05, 4.69) is 15.6 Å². The van der Waals surface area contributed by atoms with Gasteiger partial charge in [0, 0.05) is 31.4 Å². The third-order valence-electron chi connectivity index (χ3n) is 4.61. The summed E-state index contributed by atoms with van der Waals surface area (Å²) in [6.45, 7) is 1.21. The van der Waals surface area contributed by atoms with E-state index in [0.29, 0.717) is 18.9 Å². The summed E-state index contributed by atoms with van der Waals surface area (Å²) in [4.78, 5) is 17.8. The Balaban J connectivity index is 1.50. The monoisotopic (exact) mass is 342 g/mol. The summed E-state index contributed by atoms with van der Waals surface area (Å²) < 4.78 is 37.7. The molecule has 2 fully saturated rings. The number of rotatable bonds is 3. The van der Waals surface area contributed by atoms with Gasteiger partial charge < -0.3 is 15.5 Å². The number of nitrogens with zero attached hydrogens (tertiary/aromatic N) is 2. The van der Waals surface area contributed by atoms with Gasteiger partial charge in [-0.3, -0.25) is 0 Å². The highest BCUT2D eigenvalue weighted by atomic mass is 19.4. The first kappa shape index (κ1) is 16.9. The minimum absolute atomic E-state index is 0.0181. The molecular formula is C16H21F3N4O. The summed E-state index contributed by atoms with van der Waals surface area (Å²) in [5.41, 5.74) is -0.754. The number of nitrogens with one attached hydrogen (secondary N) is 2. The van der Waals surface area contributed by atoms with Gasteiger partial charge in [-0.1, -0.05) is 12.8 Å². The Kier molecular flexibility index (Phi) is 4.82. The predicted octanol–water partition coefficient (Wildman–Crippen LogP) is 2.92. The predicted molar refractivity (Wildman–Crippen MR) is 83.8 cm³/mol. The standard InChI is InChI=1S/C16H21F3N4O/c17-16(18,19)11-5-6-14(20-9-11)23-8-7-13(10-23)22-15(24)21-12-3-1-2-4-12/h5-6,9,12-13H,1-4,7-8,10H2,(H2,21,22,24)/t13-/m1/s1. The number of urea groups is 1. The van der Waals surface area contributed by atoms with E-state index in [9.17, 15) is 18.0 Å². The molecule has 1 aliphatic heterocycles. The largest absolute Gasteiger partial charge is 0.417 e. The number of anilines is 1. The maximum atomic E-state index is 12.6. The lowest BCUT2D eigenvalue weighted by Crippen LogP contribution is -2.46. The second kappa shape index (κ2) is 6.86. The molecular weight excluding hydrogens is 321 g/mol. The van der Waals surface area contributed by atoms with Gasteiger partial charge in [-0.05, 0) is 31.4 Å². The van der Waals surface area contributed by atoms with Gasteiger partial charge in [-0.25, -0.2) is 9.78 Å². The van der Waals surface area contributed by atoms with Crippen LogP contribution in [0.2, 0.25) is 0 Å². The molecule has 1 aromatic heterocycles. The molecule has 0 unspecified atom stereocenters. The summed E-state index contributed by atoms with van der Waals surface area (Å²) in [7, 11) is 0. The molecule has 24 heavy (non-hydrogen) atoms. The van der Waals surface area contributed by atoms with Gasteiger partial charge in [0.05, 0.1) is 5.56 Å². The van der Waals surface area contributed by atoms with Crippen LogP contribution in [0.15, 0.2) is 18.3 Å². The third-order valence-corrected chi connectivity index (χ3v) is 4.61. The van der Waals surface area contributed by atoms with Crippen molar-refractivity contribution in [3.8, 4) is 0 Å². The number of aromatic nitrogens is 1. The van der Waals surface area contributed by atoms with Gasteiger partial charge in [0.25, 0.3) is 0 Å². The van der Waals surface area contributed by atoms with Gasteiger partial charge in [-0.15, -0.1) is 0 Å². The topological polar surface area (TPSA) is 57.3 Å². The fourth-order valence-corrected chi connectivity index (χ4v) is 3.31. The first-order valence-electron chi connectivity index (χ1n) is 8.27. The Hall–Kier alpha value is -1.99. The van der Waals surface area contributed by atoms with Crippen LogP contribution >= 0.6 is 0 Å². The van der Waals surface area contributed by atoms with Crippen LogP contribution in [0.5, 0.6) is 0 Å². The van der Waals surface area contributed by atoms with Crippen molar-refractivity contribution in [3.63, 3.8) is 0 Å². The van der Waals surface area contributed by atoms with Crippen LogP contribution in [0.1, 0.15) is 37.7 Å². The molecule has 3 rings (SSSR count). The van der Waals surface area contributed by atoms with E-state index in [1.54, 1.807) is 0 Å². The van der Waals surface area contributed by atoms with Crippen molar-refractivity contribution in [3.05, 3.63) is 23.9 Å². The Bertz CT molecular complexity index is 570. The summed E-state index contributed by atoms with van der Waals surface area (Å²) in [6.07, 6.45) is 1.59. The van der Waals surface area contributed by atoms with Crippen molar-refractivity contribution in [2.24, 2.45) is 0 Å². The van der Waals surface area contributed by atoms with Crippen molar-refractivity contribution in [1.82, 2.24) is 15.6 Å². The Morgan fingerprint density at radius 1 is 1.12 bits per heavy atom. The van der Waals surface area contributed by atoms with Crippen LogP contribution in [0.4, 0.5) is 23.8 Å². The van der Waals surface area contributed by atoms with Crippen molar-refractivity contribution in [1.29, 1.82) is 0 Å². The minimum atomic E-state index is -4.38. The molecule has 1 aliphatic carbocycles. The van der Waals surface area contributed by atoms with E-state index in [0.717, 1.165) is 44.4 Å². The van der Waals surface area contributed by atoms with E-state index in [-0.39, 0.29) is 18.1 Å². The molecule has 5 nitrogen and oxygen atoms in total. The molecule has 0 radical (unpaired) electrons. The Morgan fingerprint density at radius 3 is 2.46 bits per heavy atom. The average Bonchev–Trinajstić information content (AvgIpc) is 3.18. The quantitative estimate of drug-likeness (QED) is 0.888. The molecule has 2 aliphatic rings. The van der Waals surface area contributed by atoms with Crippen LogP contribution in [0.25, 0.3) is 0 Å². The number of carbonyl (C=O) groups excluding carboxylic acids is 1. The number of pyridine rings is 1. The van der Waals surface area contributed by atoms with Crippen LogP contribution in [-0.2, 0) is 6.18 Å². The summed E-state index contributed by atoms with van der Waals surface area (Å²) in [5, 5.41) is 5.92. The molecule has 1 saturated heterocycles. The number of carbonyl (C=O) groups is 1. The van der Waals surface area contributed by atoms with Crippen molar-refractivity contribution in [2.45, 2.75) is 50.4 Å². The molecule has 0 aromatic carbocycles. The average molecular weight is 342 g/mol. The molecule has 1 atom stereocenters. The first-order chi connectivity index (χ1) is 11.4. The molecule has 2 N–H and O–H groups in total. The number of halogens is 3. The van der Waals surface area contributed by atoms with E-state index in [1.807, 2.05) is 4.90 Å². The zero-order chi connectivity index (χ0) is 17.2. The van der Waals surface area contributed by atoms with E-state index in [1.165, 1.54) is 6.07 Å². The van der Waals surface area contributed by atoms with Crippen molar-refractivity contribution >= 4 is 11.8 Å². The maximum absolute atomic E-state index is 12.6. The van der Waals surface area contributed by atoms with Crippen LogP contribution in [0.3, 0.4) is 0 Å². The highest BCUT2D eigenvalue weighted by molar-refractivity contribution is 5.74.